The number of aryl methyl sites for hydroxylation is 1. The maximum Gasteiger partial charge on any atom is 0.416 e. The summed E-state index contributed by atoms with van der Waals surface area (Å²) in [6.45, 7) is 0.512. The van der Waals surface area contributed by atoms with Crippen LogP contribution in [0.25, 0.3) is 10.9 Å². The van der Waals surface area contributed by atoms with Crippen molar-refractivity contribution in [2.45, 2.75) is 63.8 Å². The average molecular weight is 480 g/mol. The highest BCUT2D eigenvalue weighted by Crippen LogP contribution is 2.42. The minimum absolute atomic E-state index is 0.00478. The molecule has 2 aromatic carbocycles. The molecule has 1 aliphatic rings. The fraction of sp³-hybridized carbons (Fsp3) is 0.400. The lowest BCUT2D eigenvalue weighted by atomic mass is 9.91. The molecule has 0 radical (unpaired) electrons. The van der Waals surface area contributed by atoms with Crippen LogP contribution in [0.1, 0.15) is 61.1 Å². The Morgan fingerprint density at radius 3 is 2.61 bits per heavy atom. The molecule has 0 saturated heterocycles. The van der Waals surface area contributed by atoms with Crippen LogP contribution in [0.15, 0.2) is 42.6 Å². The third-order valence-corrected chi connectivity index (χ3v) is 6.49. The first kappa shape index (κ1) is 23.5. The number of aromatic nitrogens is 1. The number of alkyl halides is 3. The second-order valence-electron chi connectivity index (χ2n) is 8.54. The fourth-order valence-corrected chi connectivity index (χ4v) is 4.96. The normalized spacial score (nSPS) is 14.8. The van der Waals surface area contributed by atoms with E-state index in [1.54, 1.807) is 24.3 Å². The Morgan fingerprint density at radius 1 is 1.15 bits per heavy atom. The molecule has 176 valence electrons. The lowest BCUT2D eigenvalue weighted by Crippen LogP contribution is -2.12. The van der Waals surface area contributed by atoms with Crippen LogP contribution in [0.5, 0.6) is 5.75 Å². The van der Waals surface area contributed by atoms with Crippen LogP contribution in [0.4, 0.5) is 13.2 Å². The first-order valence-corrected chi connectivity index (χ1v) is 11.4. The Bertz CT molecular complexity index is 1150. The summed E-state index contributed by atoms with van der Waals surface area (Å²) in [5.41, 5.74) is 1.04. The lowest BCUT2D eigenvalue weighted by molar-refractivity contribution is -0.138. The molecule has 1 fully saturated rings. The first-order valence-electron chi connectivity index (χ1n) is 11.1. The van der Waals surface area contributed by atoms with E-state index in [2.05, 4.69) is 0 Å². The smallest absolute Gasteiger partial charge is 0.416 e. The average Bonchev–Trinajstić information content (AvgIpc) is 3.42. The Morgan fingerprint density at radius 2 is 1.91 bits per heavy atom. The number of hydrogen-bond acceptors (Lipinski definition) is 2. The molecule has 8 heteroatoms. The zero-order valence-electron chi connectivity index (χ0n) is 18.0. The molecule has 1 heterocycles. The van der Waals surface area contributed by atoms with Crippen LogP contribution >= 0.6 is 11.6 Å². The molecular weight excluding hydrogens is 455 g/mol. The summed E-state index contributed by atoms with van der Waals surface area (Å²) in [4.78, 5) is 10.7. The quantitative estimate of drug-likeness (QED) is 0.366. The van der Waals surface area contributed by atoms with Crippen molar-refractivity contribution in [2.24, 2.45) is 0 Å². The molecule has 4 rings (SSSR count). The summed E-state index contributed by atoms with van der Waals surface area (Å²) >= 11 is 6.44. The number of nitrogens with zero attached hydrogens (tertiary/aromatic N) is 1. The minimum Gasteiger partial charge on any atom is -0.489 e. The van der Waals surface area contributed by atoms with Gasteiger partial charge in [-0.2, -0.15) is 13.2 Å². The van der Waals surface area contributed by atoms with E-state index in [0.717, 1.165) is 36.6 Å². The van der Waals surface area contributed by atoms with Crippen molar-refractivity contribution in [3.8, 4) is 5.75 Å². The summed E-state index contributed by atoms with van der Waals surface area (Å²) in [5.74, 6) is -0.417. The van der Waals surface area contributed by atoms with Gasteiger partial charge in [0.05, 0.1) is 16.1 Å². The predicted molar refractivity (Wildman–Crippen MR) is 121 cm³/mol. The second kappa shape index (κ2) is 9.67. The van der Waals surface area contributed by atoms with Crippen molar-refractivity contribution < 1.29 is 27.8 Å². The van der Waals surface area contributed by atoms with Crippen molar-refractivity contribution in [3.05, 3.63) is 64.3 Å². The Labute approximate surface area is 194 Å². The minimum atomic E-state index is -4.40. The van der Waals surface area contributed by atoms with Gasteiger partial charge >= 0.3 is 12.1 Å². The summed E-state index contributed by atoms with van der Waals surface area (Å²) in [5, 5.41) is 10.1. The molecule has 0 amide bonds. The molecule has 0 aliphatic heterocycles. The van der Waals surface area contributed by atoms with E-state index in [1.165, 1.54) is 6.07 Å². The number of rotatable bonds is 8. The van der Waals surface area contributed by atoms with Gasteiger partial charge < -0.3 is 14.4 Å². The van der Waals surface area contributed by atoms with Crippen molar-refractivity contribution in [1.29, 1.82) is 0 Å². The zero-order chi connectivity index (χ0) is 23.6. The van der Waals surface area contributed by atoms with E-state index in [1.807, 2.05) is 16.8 Å². The number of ether oxygens (including phenoxy) is 1. The van der Waals surface area contributed by atoms with Crippen molar-refractivity contribution in [2.75, 3.05) is 0 Å². The Kier molecular flexibility index (Phi) is 6.88. The number of carbonyl (C=O) groups is 1. The molecule has 3 aromatic rings. The topological polar surface area (TPSA) is 51.5 Å². The van der Waals surface area contributed by atoms with Gasteiger partial charge in [0.1, 0.15) is 12.4 Å². The molecule has 0 bridgehead atoms. The second-order valence-corrected chi connectivity index (χ2v) is 8.95. The van der Waals surface area contributed by atoms with E-state index in [4.69, 9.17) is 21.4 Å². The summed E-state index contributed by atoms with van der Waals surface area (Å²) < 4.78 is 48.8. The van der Waals surface area contributed by atoms with Crippen LogP contribution in [0.3, 0.4) is 0 Å². The van der Waals surface area contributed by atoms with Gasteiger partial charge in [-0.3, -0.25) is 4.79 Å². The maximum absolute atomic E-state index is 13.7. The summed E-state index contributed by atoms with van der Waals surface area (Å²) in [6.07, 6.45) is 1.51. The number of aliphatic carboxylic acids is 1. The SMILES string of the molecule is O=C(O)CCCn1ccc2cc(OCc3ccc(C4CCCC4)c(C(F)(F)F)c3)cc(Cl)c21. The van der Waals surface area contributed by atoms with Gasteiger partial charge in [-0.05, 0) is 54.5 Å². The lowest BCUT2D eigenvalue weighted by Gasteiger charge is -2.19. The van der Waals surface area contributed by atoms with Crippen LogP contribution < -0.4 is 4.74 Å². The van der Waals surface area contributed by atoms with E-state index >= 15 is 0 Å². The third kappa shape index (κ3) is 5.46. The molecule has 1 aromatic heterocycles. The van der Waals surface area contributed by atoms with Gasteiger partial charge in [0, 0.05) is 30.6 Å². The molecule has 0 atom stereocenters. The van der Waals surface area contributed by atoms with Crippen LogP contribution in [-0.2, 0) is 24.1 Å². The van der Waals surface area contributed by atoms with Crippen molar-refractivity contribution in [3.63, 3.8) is 0 Å². The van der Waals surface area contributed by atoms with Gasteiger partial charge in [-0.1, -0.05) is 36.6 Å². The predicted octanol–water partition coefficient (Wildman–Crippen LogP) is 7.41. The molecule has 1 aliphatic carbocycles. The highest BCUT2D eigenvalue weighted by Gasteiger charge is 2.36. The number of carboxylic acids is 1. The zero-order valence-corrected chi connectivity index (χ0v) is 18.8. The molecule has 0 unspecified atom stereocenters. The Balaban J connectivity index is 1.50. The molecular formula is C25H25ClF3NO3. The monoisotopic (exact) mass is 479 g/mol. The highest BCUT2D eigenvalue weighted by atomic mass is 35.5. The van der Waals surface area contributed by atoms with E-state index in [-0.39, 0.29) is 18.9 Å². The van der Waals surface area contributed by atoms with Gasteiger partial charge in [-0.15, -0.1) is 0 Å². The fourth-order valence-electron chi connectivity index (χ4n) is 4.64. The highest BCUT2D eigenvalue weighted by molar-refractivity contribution is 6.35. The largest absolute Gasteiger partial charge is 0.489 e. The number of benzene rings is 2. The van der Waals surface area contributed by atoms with Gasteiger partial charge in [-0.25, -0.2) is 0 Å². The molecule has 4 nitrogen and oxygen atoms in total. The van der Waals surface area contributed by atoms with Gasteiger partial charge in [0.15, 0.2) is 0 Å². The van der Waals surface area contributed by atoms with Crippen LogP contribution in [0, 0.1) is 0 Å². The van der Waals surface area contributed by atoms with E-state index in [9.17, 15) is 18.0 Å². The van der Waals surface area contributed by atoms with Crippen LogP contribution in [0.2, 0.25) is 5.02 Å². The number of fused-ring (bicyclic) bond motifs is 1. The third-order valence-electron chi connectivity index (χ3n) is 6.20. The van der Waals surface area contributed by atoms with Gasteiger partial charge in [0.2, 0.25) is 0 Å². The van der Waals surface area contributed by atoms with Crippen molar-refractivity contribution in [1.82, 2.24) is 4.57 Å². The summed E-state index contributed by atoms with van der Waals surface area (Å²) in [6, 6.07) is 9.79. The van der Waals surface area contributed by atoms with Crippen LogP contribution in [-0.4, -0.2) is 15.6 Å². The molecule has 0 spiro atoms. The van der Waals surface area contributed by atoms with E-state index in [0.29, 0.717) is 34.9 Å². The maximum atomic E-state index is 13.7. The number of carboxylic acid groups (broad SMARTS) is 1. The molecule has 33 heavy (non-hydrogen) atoms. The standard InChI is InChI=1S/C25H25ClF3NO3/c26-22-14-19(13-18-9-11-30(24(18)22)10-3-6-23(31)32)33-15-16-7-8-20(17-4-1-2-5-17)21(12-16)25(27,28)29/h7-9,11-14,17H,1-6,10,15H2,(H,31,32). The summed E-state index contributed by atoms with van der Waals surface area (Å²) in [7, 11) is 0. The van der Waals surface area contributed by atoms with Gasteiger partial charge in [0.25, 0.3) is 0 Å². The van der Waals surface area contributed by atoms with Crippen molar-refractivity contribution >= 4 is 28.5 Å². The number of halogens is 4. The van der Waals surface area contributed by atoms with E-state index < -0.39 is 17.7 Å². The first-order chi connectivity index (χ1) is 15.7. The molecule has 1 saturated carbocycles. The number of hydrogen-bond donors (Lipinski definition) is 1. The Hall–Kier alpha value is -2.67. The molecule has 1 N–H and O–H groups in total.